The Morgan fingerprint density at radius 2 is 2.08 bits per heavy atom. The first-order chi connectivity index (χ1) is 12.1. The van der Waals surface area contributed by atoms with Crippen LogP contribution >= 0.6 is 11.3 Å². The minimum atomic E-state index is -0.216. The maximum atomic E-state index is 12.6. The molecule has 2 amide bonds. The van der Waals surface area contributed by atoms with Gasteiger partial charge in [-0.15, -0.1) is 11.3 Å². The Morgan fingerprint density at radius 1 is 1.20 bits per heavy atom. The SMILES string of the molecule is Cc1c(NC(=O)[C@@H]2C[C@@H]3C=C[C@H]2C3)cccc1C(=O)Nc1nccs1. The van der Waals surface area contributed by atoms with Crippen molar-refractivity contribution in [2.45, 2.75) is 19.8 Å². The summed E-state index contributed by atoms with van der Waals surface area (Å²) in [6, 6.07) is 5.39. The summed E-state index contributed by atoms with van der Waals surface area (Å²) < 4.78 is 0. The molecule has 3 atom stereocenters. The Kier molecular flexibility index (Phi) is 4.13. The topological polar surface area (TPSA) is 71.1 Å². The van der Waals surface area contributed by atoms with Gasteiger partial charge in [0.25, 0.3) is 5.91 Å². The summed E-state index contributed by atoms with van der Waals surface area (Å²) in [5, 5.41) is 8.18. The van der Waals surface area contributed by atoms with Gasteiger partial charge in [0.1, 0.15) is 0 Å². The summed E-state index contributed by atoms with van der Waals surface area (Å²) in [6.07, 6.45) is 8.06. The molecule has 1 heterocycles. The zero-order valence-electron chi connectivity index (χ0n) is 13.9. The Labute approximate surface area is 150 Å². The van der Waals surface area contributed by atoms with Gasteiger partial charge in [-0.3, -0.25) is 14.9 Å². The summed E-state index contributed by atoms with van der Waals surface area (Å²) in [4.78, 5) is 29.2. The standard InChI is InChI=1S/C19H19N3O2S/c1-11-14(17(23)22-19-20-7-8-25-19)3-2-4-16(11)21-18(24)15-10-12-5-6-13(15)9-12/h2-8,12-13,15H,9-10H2,1H3,(H,21,24)(H,20,22,23)/t12-,13+,15-/m1/s1. The van der Waals surface area contributed by atoms with Crippen LogP contribution in [0.15, 0.2) is 41.9 Å². The lowest BCUT2D eigenvalue weighted by Gasteiger charge is -2.19. The molecule has 2 N–H and O–H groups in total. The van der Waals surface area contributed by atoms with E-state index in [9.17, 15) is 9.59 Å². The van der Waals surface area contributed by atoms with E-state index >= 15 is 0 Å². The van der Waals surface area contributed by atoms with Gasteiger partial charge in [0, 0.05) is 28.7 Å². The molecule has 128 valence electrons. The second kappa shape index (κ2) is 6.44. The van der Waals surface area contributed by atoms with Crippen molar-refractivity contribution >= 4 is 34.0 Å². The first-order valence-electron chi connectivity index (χ1n) is 8.41. The first kappa shape index (κ1) is 16.0. The molecule has 2 aliphatic rings. The van der Waals surface area contributed by atoms with Gasteiger partial charge < -0.3 is 5.32 Å². The number of carbonyl (C=O) groups excluding carboxylic acids is 2. The van der Waals surface area contributed by atoms with Crippen LogP contribution in [0.3, 0.4) is 0 Å². The van der Waals surface area contributed by atoms with E-state index in [4.69, 9.17) is 0 Å². The smallest absolute Gasteiger partial charge is 0.257 e. The lowest BCUT2D eigenvalue weighted by atomic mass is 9.92. The Balaban J connectivity index is 1.50. The molecule has 0 unspecified atom stereocenters. The van der Waals surface area contributed by atoms with Crippen molar-refractivity contribution in [1.29, 1.82) is 0 Å². The van der Waals surface area contributed by atoms with Gasteiger partial charge >= 0.3 is 0 Å². The van der Waals surface area contributed by atoms with Crippen LogP contribution in [0.4, 0.5) is 10.8 Å². The fourth-order valence-corrected chi connectivity index (χ4v) is 4.30. The molecular weight excluding hydrogens is 334 g/mol. The number of thiazole rings is 1. The van der Waals surface area contributed by atoms with E-state index in [1.165, 1.54) is 11.3 Å². The second-order valence-corrected chi connectivity index (χ2v) is 7.54. The van der Waals surface area contributed by atoms with E-state index < -0.39 is 0 Å². The Bertz CT molecular complexity index is 844. The minimum Gasteiger partial charge on any atom is -0.326 e. The number of aromatic nitrogens is 1. The fraction of sp³-hybridized carbons (Fsp3) is 0.316. The van der Waals surface area contributed by atoms with Crippen LogP contribution in [0, 0.1) is 24.7 Å². The Morgan fingerprint density at radius 3 is 2.76 bits per heavy atom. The number of nitrogens with one attached hydrogen (secondary N) is 2. The number of hydrogen-bond acceptors (Lipinski definition) is 4. The minimum absolute atomic E-state index is 0.0437. The highest BCUT2D eigenvalue weighted by Gasteiger charge is 2.39. The van der Waals surface area contributed by atoms with Crippen LogP contribution in [0.25, 0.3) is 0 Å². The summed E-state index contributed by atoms with van der Waals surface area (Å²) >= 11 is 1.37. The van der Waals surface area contributed by atoms with Crippen LogP contribution in [-0.4, -0.2) is 16.8 Å². The molecule has 1 aromatic carbocycles. The van der Waals surface area contributed by atoms with Gasteiger partial charge in [0.15, 0.2) is 5.13 Å². The van der Waals surface area contributed by atoms with Crippen molar-refractivity contribution in [1.82, 2.24) is 4.98 Å². The number of fused-ring (bicyclic) bond motifs is 2. The van der Waals surface area contributed by atoms with E-state index in [1.54, 1.807) is 18.3 Å². The Hall–Kier alpha value is -2.47. The molecule has 2 bridgehead atoms. The number of amides is 2. The largest absolute Gasteiger partial charge is 0.326 e. The average Bonchev–Trinajstić information content (AvgIpc) is 3.34. The molecule has 2 aliphatic carbocycles. The third-order valence-electron chi connectivity index (χ3n) is 5.10. The summed E-state index contributed by atoms with van der Waals surface area (Å²) in [5.41, 5.74) is 2.01. The molecule has 6 heteroatoms. The molecule has 2 aromatic rings. The lowest BCUT2D eigenvalue weighted by molar-refractivity contribution is -0.120. The predicted molar refractivity (Wildman–Crippen MR) is 98.7 cm³/mol. The van der Waals surface area contributed by atoms with Gasteiger partial charge in [-0.25, -0.2) is 4.98 Å². The van der Waals surface area contributed by atoms with E-state index in [-0.39, 0.29) is 17.7 Å². The summed E-state index contributed by atoms with van der Waals surface area (Å²) in [7, 11) is 0. The summed E-state index contributed by atoms with van der Waals surface area (Å²) in [6.45, 7) is 1.85. The molecule has 5 nitrogen and oxygen atoms in total. The molecule has 0 spiro atoms. The normalized spacial score (nSPS) is 23.6. The van der Waals surface area contributed by atoms with Crippen LogP contribution in [0.1, 0.15) is 28.8 Å². The maximum Gasteiger partial charge on any atom is 0.257 e. The molecule has 25 heavy (non-hydrogen) atoms. The molecule has 1 aromatic heterocycles. The predicted octanol–water partition coefficient (Wildman–Crippen LogP) is 3.85. The third-order valence-corrected chi connectivity index (χ3v) is 5.79. The van der Waals surface area contributed by atoms with Crippen LogP contribution in [-0.2, 0) is 4.79 Å². The van der Waals surface area contributed by atoms with Crippen molar-refractivity contribution in [2.75, 3.05) is 10.6 Å². The number of nitrogens with zero attached hydrogens (tertiary/aromatic N) is 1. The first-order valence-corrected chi connectivity index (χ1v) is 9.29. The quantitative estimate of drug-likeness (QED) is 0.820. The highest BCUT2D eigenvalue weighted by molar-refractivity contribution is 7.13. The van der Waals surface area contributed by atoms with E-state index in [0.717, 1.165) is 18.4 Å². The second-order valence-electron chi connectivity index (χ2n) is 6.65. The molecule has 0 aliphatic heterocycles. The van der Waals surface area contributed by atoms with Crippen LogP contribution < -0.4 is 10.6 Å². The maximum absolute atomic E-state index is 12.6. The molecule has 0 saturated heterocycles. The van der Waals surface area contributed by atoms with Gasteiger partial charge in [0.2, 0.25) is 5.91 Å². The van der Waals surface area contributed by atoms with Gasteiger partial charge in [-0.1, -0.05) is 18.2 Å². The highest BCUT2D eigenvalue weighted by atomic mass is 32.1. The van der Waals surface area contributed by atoms with Gasteiger partial charge in [0.05, 0.1) is 0 Å². The van der Waals surface area contributed by atoms with Gasteiger partial charge in [-0.2, -0.15) is 0 Å². The zero-order valence-corrected chi connectivity index (χ0v) is 14.7. The van der Waals surface area contributed by atoms with Crippen molar-refractivity contribution in [3.63, 3.8) is 0 Å². The molecule has 4 rings (SSSR count). The average molecular weight is 353 g/mol. The molecular formula is C19H19N3O2S. The van der Waals surface area contributed by atoms with Gasteiger partial charge in [-0.05, 0) is 49.3 Å². The fourth-order valence-electron chi connectivity index (χ4n) is 3.77. The van der Waals surface area contributed by atoms with Crippen molar-refractivity contribution in [3.05, 3.63) is 53.1 Å². The highest BCUT2D eigenvalue weighted by Crippen LogP contribution is 2.43. The monoisotopic (exact) mass is 353 g/mol. The molecule has 1 saturated carbocycles. The van der Waals surface area contributed by atoms with Crippen molar-refractivity contribution < 1.29 is 9.59 Å². The van der Waals surface area contributed by atoms with E-state index in [2.05, 4.69) is 27.8 Å². The molecule has 0 radical (unpaired) electrons. The number of rotatable bonds is 4. The van der Waals surface area contributed by atoms with E-state index in [0.29, 0.717) is 28.2 Å². The van der Waals surface area contributed by atoms with Crippen LogP contribution in [0.2, 0.25) is 0 Å². The molecule has 1 fully saturated rings. The number of allylic oxidation sites excluding steroid dienone is 2. The number of carbonyl (C=O) groups is 2. The number of anilines is 2. The number of hydrogen-bond donors (Lipinski definition) is 2. The third kappa shape index (κ3) is 3.09. The lowest BCUT2D eigenvalue weighted by Crippen LogP contribution is -2.26. The van der Waals surface area contributed by atoms with Crippen molar-refractivity contribution in [2.24, 2.45) is 17.8 Å². The van der Waals surface area contributed by atoms with Crippen molar-refractivity contribution in [3.8, 4) is 0 Å². The van der Waals surface area contributed by atoms with Crippen LogP contribution in [0.5, 0.6) is 0 Å². The number of benzene rings is 1. The zero-order chi connectivity index (χ0) is 17.4. The summed E-state index contributed by atoms with van der Waals surface area (Å²) in [5.74, 6) is 0.796. The van der Waals surface area contributed by atoms with E-state index in [1.807, 2.05) is 18.4 Å².